The number of rotatable bonds is 1. The minimum atomic E-state index is -1.83. The van der Waals surface area contributed by atoms with E-state index in [1.807, 2.05) is 0 Å². The highest BCUT2D eigenvalue weighted by atomic mass is 32.2. The van der Waals surface area contributed by atoms with Crippen molar-refractivity contribution in [3.63, 3.8) is 0 Å². The third kappa shape index (κ3) is 1.78. The highest BCUT2D eigenvalue weighted by Gasteiger charge is 2.27. The van der Waals surface area contributed by atoms with Crippen molar-refractivity contribution in [1.29, 1.82) is 0 Å². The molecular weight excluding hydrogens is 152 g/mol. The van der Waals surface area contributed by atoms with Crippen molar-refractivity contribution in [3.8, 4) is 0 Å². The van der Waals surface area contributed by atoms with Crippen molar-refractivity contribution in [2.45, 2.75) is 37.0 Å². The molecule has 0 saturated heterocycles. The lowest BCUT2D eigenvalue weighted by molar-refractivity contribution is 0.132. The van der Waals surface area contributed by atoms with Gasteiger partial charge in [0.2, 0.25) is 0 Å². The van der Waals surface area contributed by atoms with E-state index in [1.54, 1.807) is 0 Å². The largest absolute Gasteiger partial charge is 0.392 e. The van der Waals surface area contributed by atoms with Crippen molar-refractivity contribution in [3.05, 3.63) is 0 Å². The van der Waals surface area contributed by atoms with Gasteiger partial charge in [0.25, 0.3) is 0 Å². The second-order valence-corrected chi connectivity index (χ2v) is 3.82. The van der Waals surface area contributed by atoms with Crippen LogP contribution in [-0.2, 0) is 11.1 Å². The van der Waals surface area contributed by atoms with Gasteiger partial charge in [-0.25, -0.2) is 4.21 Å². The summed E-state index contributed by atoms with van der Waals surface area (Å²) in [6, 6.07) is 0. The zero-order chi connectivity index (χ0) is 7.56. The van der Waals surface area contributed by atoms with Crippen LogP contribution in [0.25, 0.3) is 0 Å². The summed E-state index contributed by atoms with van der Waals surface area (Å²) in [4.78, 5) is 0. The van der Waals surface area contributed by atoms with Crippen LogP contribution in [0, 0.1) is 0 Å². The van der Waals surface area contributed by atoms with Crippen LogP contribution in [0.2, 0.25) is 0 Å². The summed E-state index contributed by atoms with van der Waals surface area (Å²) in [5.74, 6) is 0. The van der Waals surface area contributed by atoms with Crippen LogP contribution in [0.3, 0.4) is 0 Å². The molecule has 60 valence electrons. The van der Waals surface area contributed by atoms with Crippen LogP contribution in [0.4, 0.5) is 0 Å². The number of hydrogen-bond acceptors (Lipinski definition) is 2. The van der Waals surface area contributed by atoms with E-state index in [9.17, 15) is 9.32 Å². The summed E-state index contributed by atoms with van der Waals surface area (Å²) in [7, 11) is 0. The summed E-state index contributed by atoms with van der Waals surface area (Å²) in [6.45, 7) is 0. The van der Waals surface area contributed by atoms with E-state index in [0.29, 0.717) is 12.8 Å². The lowest BCUT2D eigenvalue weighted by atomic mass is 9.97. The van der Waals surface area contributed by atoms with Crippen molar-refractivity contribution in [2.75, 3.05) is 0 Å². The van der Waals surface area contributed by atoms with Gasteiger partial charge in [0.1, 0.15) is 0 Å². The van der Waals surface area contributed by atoms with Crippen LogP contribution in [0.15, 0.2) is 0 Å². The average Bonchev–Trinajstić information content (AvgIpc) is 1.88. The van der Waals surface area contributed by atoms with Gasteiger partial charge < -0.3 is 9.66 Å². The zero-order valence-electron chi connectivity index (χ0n) is 5.69. The fourth-order valence-corrected chi connectivity index (χ4v) is 2.09. The molecule has 0 heterocycles. The Hall–Kier alpha value is 0.0700. The van der Waals surface area contributed by atoms with E-state index >= 15 is 0 Å². The van der Waals surface area contributed by atoms with Crippen LogP contribution in [0.1, 0.15) is 25.7 Å². The SMILES string of the molecule is O=S(O)C1CCCCC1O. The van der Waals surface area contributed by atoms with Crippen molar-refractivity contribution >= 4 is 11.1 Å². The Morgan fingerprint density at radius 2 is 1.90 bits per heavy atom. The maximum atomic E-state index is 10.5. The van der Waals surface area contributed by atoms with Gasteiger partial charge in [-0.2, -0.15) is 0 Å². The number of aliphatic hydroxyl groups is 1. The fraction of sp³-hybridized carbons (Fsp3) is 1.00. The van der Waals surface area contributed by atoms with Crippen molar-refractivity contribution in [2.24, 2.45) is 0 Å². The molecule has 1 rings (SSSR count). The van der Waals surface area contributed by atoms with E-state index < -0.39 is 22.4 Å². The number of hydrogen-bond donors (Lipinski definition) is 2. The Balaban J connectivity index is 2.47. The molecule has 0 aromatic rings. The molecule has 3 unspecified atom stereocenters. The molecular formula is C6H12O3S. The van der Waals surface area contributed by atoms with E-state index in [1.165, 1.54) is 0 Å². The van der Waals surface area contributed by atoms with Crippen LogP contribution in [0.5, 0.6) is 0 Å². The topological polar surface area (TPSA) is 57.5 Å². The second kappa shape index (κ2) is 3.46. The third-order valence-electron chi connectivity index (χ3n) is 1.93. The molecule has 0 radical (unpaired) electrons. The molecule has 0 aliphatic heterocycles. The molecule has 1 aliphatic rings. The molecule has 2 N–H and O–H groups in total. The zero-order valence-corrected chi connectivity index (χ0v) is 6.51. The molecule has 0 spiro atoms. The highest BCUT2D eigenvalue weighted by Crippen LogP contribution is 2.21. The van der Waals surface area contributed by atoms with Gasteiger partial charge in [-0.15, -0.1) is 0 Å². The first-order valence-electron chi connectivity index (χ1n) is 3.49. The molecule has 0 amide bonds. The van der Waals surface area contributed by atoms with Crippen molar-refractivity contribution < 1.29 is 13.9 Å². The maximum absolute atomic E-state index is 10.5. The molecule has 1 saturated carbocycles. The average molecular weight is 164 g/mol. The normalized spacial score (nSPS) is 37.4. The van der Waals surface area contributed by atoms with Gasteiger partial charge in [-0.3, -0.25) is 0 Å². The molecule has 4 heteroatoms. The Labute approximate surface area is 62.7 Å². The first kappa shape index (κ1) is 8.17. The maximum Gasteiger partial charge on any atom is 0.158 e. The van der Waals surface area contributed by atoms with Crippen molar-refractivity contribution in [1.82, 2.24) is 0 Å². The predicted octanol–water partition coefficient (Wildman–Crippen LogP) is 0.512. The van der Waals surface area contributed by atoms with Gasteiger partial charge in [0.15, 0.2) is 11.1 Å². The third-order valence-corrected chi connectivity index (χ3v) is 2.99. The van der Waals surface area contributed by atoms with Gasteiger partial charge in [-0.05, 0) is 12.8 Å². The second-order valence-electron chi connectivity index (χ2n) is 2.67. The Kier molecular flexibility index (Phi) is 2.82. The molecule has 0 aromatic carbocycles. The monoisotopic (exact) mass is 164 g/mol. The quantitative estimate of drug-likeness (QED) is 0.555. The number of aliphatic hydroxyl groups excluding tert-OH is 1. The summed E-state index contributed by atoms with van der Waals surface area (Å²) in [5, 5.41) is 8.79. The smallest absolute Gasteiger partial charge is 0.158 e. The molecule has 0 aromatic heterocycles. The van der Waals surface area contributed by atoms with Gasteiger partial charge in [-0.1, -0.05) is 12.8 Å². The fourth-order valence-electron chi connectivity index (χ4n) is 1.31. The van der Waals surface area contributed by atoms with E-state index in [2.05, 4.69) is 0 Å². The minimum Gasteiger partial charge on any atom is -0.392 e. The standard InChI is InChI=1S/C6H12O3S/c7-5-3-1-2-4-6(5)10(8)9/h5-7H,1-4H2,(H,8,9). The highest BCUT2D eigenvalue weighted by molar-refractivity contribution is 7.79. The molecule has 1 aliphatic carbocycles. The van der Waals surface area contributed by atoms with E-state index in [-0.39, 0.29) is 0 Å². The Morgan fingerprint density at radius 3 is 2.30 bits per heavy atom. The summed E-state index contributed by atoms with van der Waals surface area (Å²) >= 11 is -1.83. The first-order valence-corrected chi connectivity index (χ1v) is 4.66. The van der Waals surface area contributed by atoms with E-state index in [4.69, 9.17) is 4.55 Å². The predicted molar refractivity (Wildman–Crippen MR) is 39.0 cm³/mol. The summed E-state index contributed by atoms with van der Waals surface area (Å²) in [5.41, 5.74) is 0. The lowest BCUT2D eigenvalue weighted by Crippen LogP contribution is -2.33. The molecule has 3 atom stereocenters. The molecule has 0 bridgehead atoms. The van der Waals surface area contributed by atoms with Gasteiger partial charge >= 0.3 is 0 Å². The Morgan fingerprint density at radius 1 is 1.30 bits per heavy atom. The molecule has 10 heavy (non-hydrogen) atoms. The van der Waals surface area contributed by atoms with E-state index in [0.717, 1.165) is 12.8 Å². The van der Waals surface area contributed by atoms with Crippen LogP contribution in [-0.4, -0.2) is 25.2 Å². The van der Waals surface area contributed by atoms with Crippen LogP contribution >= 0.6 is 0 Å². The Bertz CT molecular complexity index is 137. The minimum absolute atomic E-state index is 0.395. The van der Waals surface area contributed by atoms with Crippen LogP contribution < -0.4 is 0 Å². The first-order chi connectivity index (χ1) is 4.72. The van der Waals surface area contributed by atoms with Gasteiger partial charge in [0.05, 0.1) is 11.4 Å². The molecule has 3 nitrogen and oxygen atoms in total. The van der Waals surface area contributed by atoms with Gasteiger partial charge in [0, 0.05) is 0 Å². The summed E-state index contributed by atoms with van der Waals surface area (Å²) in [6.07, 6.45) is 2.75. The summed E-state index contributed by atoms with van der Waals surface area (Å²) < 4.78 is 19.2. The molecule has 1 fully saturated rings. The lowest BCUT2D eigenvalue weighted by Gasteiger charge is -2.23.